The van der Waals surface area contributed by atoms with Crippen molar-refractivity contribution < 1.29 is 0 Å². The fourth-order valence-electron chi connectivity index (χ4n) is 5.31. The first-order valence-corrected chi connectivity index (χ1v) is 8.88. The number of aromatic nitrogens is 4. The van der Waals surface area contributed by atoms with Crippen molar-refractivity contribution in [3.05, 3.63) is 41.7 Å². The van der Waals surface area contributed by atoms with Crippen molar-refractivity contribution in [1.29, 1.82) is 0 Å². The van der Waals surface area contributed by atoms with Gasteiger partial charge in [0, 0.05) is 13.1 Å². The molecule has 5 rings (SSSR count). The minimum absolute atomic E-state index is 0.759. The Morgan fingerprint density at radius 3 is 2.43 bits per heavy atom. The average Bonchev–Trinajstić information content (AvgIpc) is 3.31. The van der Waals surface area contributed by atoms with Gasteiger partial charge in [0.2, 0.25) is 0 Å². The molecule has 1 aromatic heterocycles. The Bertz CT molecular complexity index is 664. The fraction of sp³-hybridized carbons (Fsp3) is 0.611. The number of rotatable bonds is 4. The van der Waals surface area contributed by atoms with Gasteiger partial charge >= 0.3 is 0 Å². The van der Waals surface area contributed by atoms with Gasteiger partial charge in [-0.2, -0.15) is 0 Å². The standard InChI is InChI=1S/C18H23N5/c1-2-4-13(5-3-1)9-23-18(19-20-21-23)12-22-10-16-14-6-7-15(8-14)17(16)11-22/h1-5,14-17H,6-12H2/t14-,15+,16-,17+. The highest BCUT2D eigenvalue weighted by Crippen LogP contribution is 2.55. The third kappa shape index (κ3) is 2.38. The van der Waals surface area contributed by atoms with Gasteiger partial charge in [0.05, 0.1) is 13.1 Å². The highest BCUT2D eigenvalue weighted by molar-refractivity contribution is 5.15. The van der Waals surface area contributed by atoms with Gasteiger partial charge in [-0.3, -0.25) is 4.90 Å². The maximum absolute atomic E-state index is 4.28. The summed E-state index contributed by atoms with van der Waals surface area (Å²) in [5.41, 5.74) is 1.25. The number of benzene rings is 1. The monoisotopic (exact) mass is 309 g/mol. The first-order chi connectivity index (χ1) is 11.4. The first kappa shape index (κ1) is 13.7. The second kappa shape index (κ2) is 5.41. The van der Waals surface area contributed by atoms with Crippen LogP contribution in [0.3, 0.4) is 0 Å². The zero-order chi connectivity index (χ0) is 15.2. The molecule has 23 heavy (non-hydrogen) atoms. The summed E-state index contributed by atoms with van der Waals surface area (Å²) < 4.78 is 1.96. The molecule has 5 heteroatoms. The predicted molar refractivity (Wildman–Crippen MR) is 86.4 cm³/mol. The number of hydrogen-bond donors (Lipinski definition) is 0. The fourth-order valence-corrected chi connectivity index (χ4v) is 5.31. The van der Waals surface area contributed by atoms with Crippen molar-refractivity contribution in [3.8, 4) is 0 Å². The van der Waals surface area contributed by atoms with Crippen LogP contribution in [0.25, 0.3) is 0 Å². The Labute approximate surface area is 136 Å². The Balaban J connectivity index is 1.28. The van der Waals surface area contributed by atoms with Crippen molar-refractivity contribution in [3.63, 3.8) is 0 Å². The first-order valence-electron chi connectivity index (χ1n) is 8.88. The van der Waals surface area contributed by atoms with Gasteiger partial charge in [-0.15, -0.1) is 5.10 Å². The van der Waals surface area contributed by atoms with E-state index in [2.05, 4.69) is 44.7 Å². The second-order valence-corrected chi connectivity index (χ2v) is 7.59. The zero-order valence-electron chi connectivity index (χ0n) is 13.4. The summed E-state index contributed by atoms with van der Waals surface area (Å²) in [7, 11) is 0. The van der Waals surface area contributed by atoms with E-state index >= 15 is 0 Å². The maximum Gasteiger partial charge on any atom is 0.165 e. The molecule has 4 atom stereocenters. The predicted octanol–water partition coefficient (Wildman–Crippen LogP) is 2.20. The quantitative estimate of drug-likeness (QED) is 0.868. The van der Waals surface area contributed by atoms with Crippen LogP contribution in [0.2, 0.25) is 0 Å². The molecule has 2 aromatic rings. The van der Waals surface area contributed by atoms with Crippen LogP contribution in [-0.4, -0.2) is 38.2 Å². The number of nitrogens with zero attached hydrogens (tertiary/aromatic N) is 5. The van der Waals surface area contributed by atoms with Gasteiger partial charge in [0.15, 0.2) is 5.82 Å². The van der Waals surface area contributed by atoms with E-state index in [0.717, 1.165) is 42.6 Å². The van der Waals surface area contributed by atoms with E-state index in [1.807, 2.05) is 10.7 Å². The van der Waals surface area contributed by atoms with Crippen LogP contribution in [0.4, 0.5) is 0 Å². The third-order valence-electron chi connectivity index (χ3n) is 6.36. The molecule has 5 nitrogen and oxygen atoms in total. The summed E-state index contributed by atoms with van der Waals surface area (Å²) in [6.45, 7) is 4.16. The lowest BCUT2D eigenvalue weighted by molar-refractivity contribution is 0.276. The van der Waals surface area contributed by atoms with Gasteiger partial charge in [-0.25, -0.2) is 4.68 Å². The highest BCUT2D eigenvalue weighted by atomic mass is 15.5. The van der Waals surface area contributed by atoms with E-state index in [9.17, 15) is 0 Å². The topological polar surface area (TPSA) is 46.8 Å². The largest absolute Gasteiger partial charge is 0.295 e. The minimum Gasteiger partial charge on any atom is -0.295 e. The second-order valence-electron chi connectivity index (χ2n) is 7.59. The summed E-state index contributed by atoms with van der Waals surface area (Å²) in [6.07, 6.45) is 4.46. The van der Waals surface area contributed by atoms with E-state index in [-0.39, 0.29) is 0 Å². The van der Waals surface area contributed by atoms with Crippen LogP contribution >= 0.6 is 0 Å². The van der Waals surface area contributed by atoms with Crippen LogP contribution < -0.4 is 0 Å². The molecule has 1 saturated heterocycles. The lowest BCUT2D eigenvalue weighted by atomic mass is 9.82. The van der Waals surface area contributed by atoms with Crippen LogP contribution in [-0.2, 0) is 13.1 Å². The maximum atomic E-state index is 4.28. The van der Waals surface area contributed by atoms with Crippen molar-refractivity contribution in [2.24, 2.45) is 23.7 Å². The van der Waals surface area contributed by atoms with Crippen molar-refractivity contribution in [1.82, 2.24) is 25.1 Å². The third-order valence-corrected chi connectivity index (χ3v) is 6.36. The van der Waals surface area contributed by atoms with E-state index in [1.165, 1.54) is 37.9 Å². The van der Waals surface area contributed by atoms with E-state index in [4.69, 9.17) is 0 Å². The molecule has 3 aliphatic rings. The molecular weight excluding hydrogens is 286 g/mol. The summed E-state index contributed by atoms with van der Waals surface area (Å²) >= 11 is 0. The molecule has 1 aromatic carbocycles. The van der Waals surface area contributed by atoms with Crippen LogP contribution in [0.15, 0.2) is 30.3 Å². The molecule has 1 aliphatic heterocycles. The summed E-state index contributed by atoms with van der Waals surface area (Å²) in [5.74, 6) is 4.92. The minimum atomic E-state index is 0.759. The molecule has 2 bridgehead atoms. The molecule has 0 amide bonds. The number of likely N-dealkylation sites (tertiary alicyclic amines) is 1. The lowest BCUT2D eigenvalue weighted by Gasteiger charge is -2.22. The van der Waals surface area contributed by atoms with Crippen LogP contribution in [0.1, 0.15) is 30.7 Å². The highest BCUT2D eigenvalue weighted by Gasteiger charge is 2.51. The summed E-state index contributed by atoms with van der Waals surface area (Å²) in [5, 5.41) is 12.4. The zero-order valence-corrected chi connectivity index (χ0v) is 13.4. The van der Waals surface area contributed by atoms with Crippen molar-refractivity contribution in [2.45, 2.75) is 32.4 Å². The molecule has 2 heterocycles. The van der Waals surface area contributed by atoms with Gasteiger partial charge in [0.25, 0.3) is 0 Å². The van der Waals surface area contributed by atoms with Gasteiger partial charge in [-0.1, -0.05) is 30.3 Å². The van der Waals surface area contributed by atoms with E-state index < -0.39 is 0 Å². The molecule has 0 spiro atoms. The molecule has 0 radical (unpaired) electrons. The molecule has 3 fully saturated rings. The molecule has 2 saturated carbocycles. The average molecular weight is 309 g/mol. The Morgan fingerprint density at radius 1 is 0.957 bits per heavy atom. The Morgan fingerprint density at radius 2 is 1.70 bits per heavy atom. The van der Waals surface area contributed by atoms with Crippen LogP contribution in [0.5, 0.6) is 0 Å². The van der Waals surface area contributed by atoms with Gasteiger partial charge in [0.1, 0.15) is 0 Å². The molecule has 120 valence electrons. The summed E-state index contributed by atoms with van der Waals surface area (Å²) in [4.78, 5) is 2.59. The number of fused-ring (bicyclic) bond motifs is 5. The molecular formula is C18H23N5. The van der Waals surface area contributed by atoms with Crippen LogP contribution in [0, 0.1) is 23.7 Å². The normalized spacial score (nSPS) is 32.5. The van der Waals surface area contributed by atoms with Gasteiger partial charge in [-0.05, 0) is 58.9 Å². The lowest BCUT2D eigenvalue weighted by Crippen LogP contribution is -2.25. The SMILES string of the molecule is c1ccc(Cn2nnnc2CN2C[C@@H]3[C@@H]4CC[C@@H](C4)[C@@H]3C2)cc1. The van der Waals surface area contributed by atoms with E-state index in [0.29, 0.717) is 0 Å². The van der Waals surface area contributed by atoms with Crippen molar-refractivity contribution >= 4 is 0 Å². The smallest absolute Gasteiger partial charge is 0.165 e. The molecule has 2 aliphatic carbocycles. The number of hydrogen-bond acceptors (Lipinski definition) is 4. The number of tetrazole rings is 1. The Kier molecular flexibility index (Phi) is 3.21. The van der Waals surface area contributed by atoms with Gasteiger partial charge < -0.3 is 0 Å². The molecule has 0 N–H and O–H groups in total. The summed E-state index contributed by atoms with van der Waals surface area (Å²) in [6, 6.07) is 10.4. The Hall–Kier alpha value is -1.75. The van der Waals surface area contributed by atoms with Crippen molar-refractivity contribution in [2.75, 3.05) is 13.1 Å². The van der Waals surface area contributed by atoms with E-state index in [1.54, 1.807) is 0 Å². The molecule has 0 unspecified atom stereocenters.